The number of amides is 3. The molecule has 11 heteroatoms. The number of urea groups is 1. The Balaban J connectivity index is 1.22. The Kier molecular flexibility index (Phi) is 7.44. The molecule has 2 aromatic rings. The van der Waals surface area contributed by atoms with E-state index in [1.807, 2.05) is 24.3 Å². The molecule has 3 heterocycles. The molecule has 3 fully saturated rings. The van der Waals surface area contributed by atoms with Crippen molar-refractivity contribution in [2.45, 2.75) is 31.0 Å². The first-order chi connectivity index (χ1) is 18.4. The van der Waals surface area contributed by atoms with E-state index in [1.165, 1.54) is 6.07 Å². The van der Waals surface area contributed by atoms with Crippen LogP contribution >= 0.6 is 0 Å². The van der Waals surface area contributed by atoms with Crippen molar-refractivity contribution >= 4 is 17.8 Å². The average molecular weight is 526 g/mol. The van der Waals surface area contributed by atoms with E-state index in [2.05, 4.69) is 21.2 Å². The number of benzene rings is 2. The highest BCUT2D eigenvalue weighted by molar-refractivity contribution is 5.93. The Bertz CT molecular complexity index is 1250. The van der Waals surface area contributed by atoms with Crippen LogP contribution in [0.15, 0.2) is 42.5 Å². The van der Waals surface area contributed by atoms with E-state index in [0.717, 1.165) is 48.7 Å². The van der Waals surface area contributed by atoms with Crippen LogP contribution < -0.4 is 10.2 Å². The fourth-order valence-electron chi connectivity index (χ4n) is 5.71. The molecule has 0 bridgehead atoms. The van der Waals surface area contributed by atoms with Crippen LogP contribution in [0.3, 0.4) is 0 Å². The monoisotopic (exact) mass is 525 g/mol. The van der Waals surface area contributed by atoms with Crippen LogP contribution in [0.2, 0.25) is 0 Å². The molecule has 3 aliphatic heterocycles. The van der Waals surface area contributed by atoms with Crippen LogP contribution in [0, 0.1) is 28.9 Å². The fraction of sp³-hybridized carbons (Fsp3) is 0.444. The van der Waals surface area contributed by atoms with E-state index < -0.39 is 35.8 Å². The number of ether oxygens (including phenoxy) is 1. The maximum atomic E-state index is 13.8. The molecule has 3 aliphatic rings. The molecule has 5 rings (SSSR count). The maximum absolute atomic E-state index is 13.8. The Morgan fingerprint density at radius 2 is 1.89 bits per heavy atom. The zero-order valence-electron chi connectivity index (χ0n) is 20.7. The highest BCUT2D eigenvalue weighted by Gasteiger charge is 2.43. The minimum absolute atomic E-state index is 0.132. The van der Waals surface area contributed by atoms with Gasteiger partial charge in [-0.25, -0.2) is 23.3 Å². The molecule has 0 aromatic heterocycles. The van der Waals surface area contributed by atoms with Gasteiger partial charge < -0.3 is 20.1 Å². The van der Waals surface area contributed by atoms with Gasteiger partial charge in [0, 0.05) is 50.8 Å². The highest BCUT2D eigenvalue weighted by Crippen LogP contribution is 2.31. The lowest BCUT2D eigenvalue weighted by Crippen LogP contribution is -2.50. The number of cyclic esters (lactones) is 1. The number of halogens is 2. The first kappa shape index (κ1) is 25.9. The van der Waals surface area contributed by atoms with Gasteiger partial charge in [-0.05, 0) is 42.7 Å². The van der Waals surface area contributed by atoms with Crippen molar-refractivity contribution in [2.24, 2.45) is 5.92 Å². The van der Waals surface area contributed by atoms with Gasteiger partial charge in [-0.3, -0.25) is 4.90 Å². The van der Waals surface area contributed by atoms with Crippen molar-refractivity contribution < 1.29 is 28.2 Å². The number of anilines is 1. The molecule has 1 unspecified atom stereocenters. The predicted molar refractivity (Wildman–Crippen MR) is 133 cm³/mol. The topological polar surface area (TPSA) is 109 Å². The van der Waals surface area contributed by atoms with Crippen LogP contribution in [0.5, 0.6) is 0 Å². The van der Waals surface area contributed by atoms with Gasteiger partial charge in [0.1, 0.15) is 18.7 Å². The van der Waals surface area contributed by atoms with Gasteiger partial charge in [0.05, 0.1) is 11.3 Å². The van der Waals surface area contributed by atoms with Crippen LogP contribution in [0.1, 0.15) is 30.0 Å². The number of piperidine rings is 1. The third-order valence-corrected chi connectivity index (χ3v) is 7.78. The largest absolute Gasteiger partial charge is 0.446 e. The van der Waals surface area contributed by atoms with Crippen LogP contribution in [-0.2, 0) is 4.74 Å². The molecule has 38 heavy (non-hydrogen) atoms. The third-order valence-electron chi connectivity index (χ3n) is 7.78. The summed E-state index contributed by atoms with van der Waals surface area (Å²) in [7, 11) is 0. The molecule has 2 N–H and O–H groups in total. The number of likely N-dealkylation sites (tertiary alicyclic amines) is 1. The minimum atomic E-state index is -1.07. The summed E-state index contributed by atoms with van der Waals surface area (Å²) in [6, 6.07) is 11.3. The lowest BCUT2D eigenvalue weighted by molar-refractivity contribution is 0.155. The summed E-state index contributed by atoms with van der Waals surface area (Å²) in [4.78, 5) is 30.9. The summed E-state index contributed by atoms with van der Waals surface area (Å²) in [5.74, 6) is -2.32. The quantitative estimate of drug-likeness (QED) is 0.618. The van der Waals surface area contributed by atoms with Gasteiger partial charge in [0.2, 0.25) is 0 Å². The summed E-state index contributed by atoms with van der Waals surface area (Å²) in [6.07, 6.45) is 0.877. The Morgan fingerprint density at radius 3 is 2.61 bits per heavy atom. The number of carbonyl (C=O) groups excluding carboxylic acids is 2. The highest BCUT2D eigenvalue weighted by atomic mass is 19.2. The number of nitrogens with one attached hydrogen (secondary N) is 1. The van der Waals surface area contributed by atoms with E-state index in [9.17, 15) is 28.7 Å². The standard InChI is InChI=1S/C27H29F2N5O4/c28-21-6-5-17(11-22(21)29)25-16-38-27(37)34(25)26(36)31-23-14-33(13-19(23)15-35)20-7-9-32(10-8-20)24-4-2-1-3-18(24)12-30/h1-6,11,19-20,23,25,35H,7-10,13-16H2,(H,31,36)/t19?,23-,25+/m0/s1. The van der Waals surface area contributed by atoms with Gasteiger partial charge in [-0.15, -0.1) is 0 Å². The number of nitrogens with zero attached hydrogens (tertiary/aromatic N) is 4. The summed E-state index contributed by atoms with van der Waals surface area (Å²) in [5, 5.41) is 22.3. The second-order valence-corrected chi connectivity index (χ2v) is 9.94. The first-order valence-electron chi connectivity index (χ1n) is 12.7. The predicted octanol–water partition coefficient (Wildman–Crippen LogP) is 3.00. The number of nitriles is 1. The summed E-state index contributed by atoms with van der Waals surface area (Å²) in [5.41, 5.74) is 1.83. The Hall–Kier alpha value is -3.75. The van der Waals surface area contributed by atoms with Crippen molar-refractivity contribution in [1.29, 1.82) is 5.26 Å². The molecule has 0 saturated carbocycles. The molecule has 0 aliphatic carbocycles. The molecule has 0 radical (unpaired) electrons. The van der Waals surface area contributed by atoms with Crippen molar-refractivity contribution in [3.8, 4) is 6.07 Å². The maximum Gasteiger partial charge on any atom is 0.418 e. The molecule has 2 aromatic carbocycles. The third kappa shape index (κ3) is 5.01. The lowest BCUT2D eigenvalue weighted by Gasteiger charge is -2.38. The number of imide groups is 1. The number of aliphatic hydroxyl groups is 1. The minimum Gasteiger partial charge on any atom is -0.446 e. The Morgan fingerprint density at radius 1 is 1.13 bits per heavy atom. The SMILES string of the molecule is N#Cc1ccccc1N1CCC(N2CC(CO)[C@@H](NC(=O)N3C(=O)OC[C@@H]3c3ccc(F)c(F)c3)C2)CC1. The van der Waals surface area contributed by atoms with Crippen LogP contribution in [-0.4, -0.2) is 78.5 Å². The summed E-state index contributed by atoms with van der Waals surface area (Å²) in [6.45, 7) is 2.39. The van der Waals surface area contributed by atoms with Crippen molar-refractivity contribution in [1.82, 2.24) is 15.1 Å². The van der Waals surface area contributed by atoms with Crippen LogP contribution in [0.25, 0.3) is 0 Å². The number of hydrogen-bond donors (Lipinski definition) is 2. The number of para-hydroxylation sites is 1. The van der Waals surface area contributed by atoms with Gasteiger partial charge in [0.15, 0.2) is 11.6 Å². The van der Waals surface area contributed by atoms with Crippen molar-refractivity contribution in [3.05, 3.63) is 65.2 Å². The van der Waals surface area contributed by atoms with Gasteiger partial charge >= 0.3 is 12.1 Å². The number of aliphatic hydroxyl groups excluding tert-OH is 1. The zero-order valence-corrected chi connectivity index (χ0v) is 20.7. The molecule has 3 amide bonds. The van der Waals surface area contributed by atoms with E-state index in [4.69, 9.17) is 4.74 Å². The Labute approximate surface area is 219 Å². The smallest absolute Gasteiger partial charge is 0.418 e. The molecule has 3 atom stereocenters. The van der Waals surface area contributed by atoms with Crippen LogP contribution in [0.4, 0.5) is 24.1 Å². The van der Waals surface area contributed by atoms with E-state index in [0.29, 0.717) is 18.7 Å². The average Bonchev–Trinajstić information content (AvgIpc) is 3.53. The lowest BCUT2D eigenvalue weighted by atomic mass is 10.0. The molecule has 9 nitrogen and oxygen atoms in total. The fourth-order valence-corrected chi connectivity index (χ4v) is 5.71. The molecular formula is C27H29F2N5O4. The van der Waals surface area contributed by atoms with Crippen molar-refractivity contribution in [2.75, 3.05) is 44.3 Å². The molecule has 200 valence electrons. The zero-order chi connectivity index (χ0) is 26.8. The molecular weight excluding hydrogens is 496 g/mol. The van der Waals surface area contributed by atoms with E-state index in [-0.39, 0.29) is 30.7 Å². The second kappa shape index (κ2) is 10.9. The number of hydrogen-bond acceptors (Lipinski definition) is 7. The van der Waals surface area contributed by atoms with Gasteiger partial charge in [-0.1, -0.05) is 18.2 Å². The van der Waals surface area contributed by atoms with E-state index in [1.54, 1.807) is 0 Å². The van der Waals surface area contributed by atoms with Gasteiger partial charge in [0.25, 0.3) is 0 Å². The molecule has 0 spiro atoms. The van der Waals surface area contributed by atoms with Gasteiger partial charge in [-0.2, -0.15) is 5.26 Å². The number of carbonyl (C=O) groups is 2. The number of rotatable bonds is 5. The first-order valence-corrected chi connectivity index (χ1v) is 12.7. The van der Waals surface area contributed by atoms with Crippen molar-refractivity contribution in [3.63, 3.8) is 0 Å². The second-order valence-electron chi connectivity index (χ2n) is 9.94. The van der Waals surface area contributed by atoms with E-state index >= 15 is 0 Å². The normalized spacial score (nSPS) is 24.4. The molecule has 3 saturated heterocycles. The summed E-state index contributed by atoms with van der Waals surface area (Å²) < 4.78 is 32.2. The summed E-state index contributed by atoms with van der Waals surface area (Å²) >= 11 is 0.